The number of para-hydroxylation sites is 1. The number of rotatable bonds is 9. The topological polar surface area (TPSA) is 56.3 Å². The second-order valence-corrected chi connectivity index (χ2v) is 9.47. The molecule has 0 saturated carbocycles. The molecule has 0 unspecified atom stereocenters. The van der Waals surface area contributed by atoms with Crippen molar-refractivity contribution in [2.24, 2.45) is 0 Å². The molecule has 37 heavy (non-hydrogen) atoms. The van der Waals surface area contributed by atoms with Gasteiger partial charge in [-0.3, -0.25) is 4.90 Å². The molecule has 2 fully saturated rings. The molecule has 2 aliphatic rings. The zero-order chi connectivity index (χ0) is 26.5. The molecule has 6 nitrogen and oxygen atoms in total. The van der Waals surface area contributed by atoms with E-state index in [0.29, 0.717) is 0 Å². The predicted octanol–water partition coefficient (Wildman–Crippen LogP) is 4.94. The van der Waals surface area contributed by atoms with Gasteiger partial charge in [-0.05, 0) is 68.6 Å². The lowest BCUT2D eigenvalue weighted by atomic mass is 10.1. The van der Waals surface area contributed by atoms with E-state index in [1.54, 1.807) is 0 Å². The van der Waals surface area contributed by atoms with Crippen LogP contribution in [0.2, 0.25) is 0 Å². The van der Waals surface area contributed by atoms with Crippen LogP contribution in [0.15, 0.2) is 54.6 Å². The monoisotopic (exact) mass is 521 g/mol. The number of carboxylic acid groups (broad SMARTS) is 1. The number of anilines is 1. The third-order valence-electron chi connectivity index (χ3n) is 6.71. The maximum Gasteiger partial charge on any atom is 0.490 e. The molecule has 2 aliphatic heterocycles. The highest BCUT2D eigenvalue weighted by Gasteiger charge is 2.38. The Hall–Kier alpha value is -2.78. The Morgan fingerprint density at radius 1 is 0.811 bits per heavy atom. The van der Waals surface area contributed by atoms with Crippen molar-refractivity contribution in [3.63, 3.8) is 0 Å². The second kappa shape index (κ2) is 14.8. The van der Waals surface area contributed by atoms with E-state index < -0.39 is 12.1 Å². The summed E-state index contributed by atoms with van der Waals surface area (Å²) in [5, 5.41) is 7.12. The van der Waals surface area contributed by atoms with Crippen LogP contribution in [0.1, 0.15) is 31.2 Å². The van der Waals surface area contributed by atoms with Crippen LogP contribution in [-0.2, 0) is 11.2 Å². The fourth-order valence-corrected chi connectivity index (χ4v) is 4.57. The molecule has 0 bridgehead atoms. The maximum atomic E-state index is 10.6. The highest BCUT2D eigenvalue weighted by Crippen LogP contribution is 2.17. The van der Waals surface area contributed by atoms with Gasteiger partial charge in [0, 0.05) is 45.0 Å². The van der Waals surface area contributed by atoms with Crippen LogP contribution in [0.5, 0.6) is 5.75 Å². The fourth-order valence-electron chi connectivity index (χ4n) is 4.57. The molecule has 9 heteroatoms. The maximum absolute atomic E-state index is 10.6. The zero-order valence-corrected chi connectivity index (χ0v) is 21.3. The van der Waals surface area contributed by atoms with E-state index in [0.717, 1.165) is 57.9 Å². The minimum Gasteiger partial charge on any atom is -0.494 e. The van der Waals surface area contributed by atoms with E-state index in [1.807, 2.05) is 0 Å². The molecule has 1 N–H and O–H groups in total. The van der Waals surface area contributed by atoms with Gasteiger partial charge in [0.15, 0.2) is 0 Å². The average Bonchev–Trinajstić information content (AvgIpc) is 2.92. The van der Waals surface area contributed by atoms with Crippen molar-refractivity contribution in [3.05, 3.63) is 60.2 Å². The largest absolute Gasteiger partial charge is 0.494 e. The Labute approximate surface area is 217 Å². The number of likely N-dealkylation sites (tertiary alicyclic amines) is 1. The van der Waals surface area contributed by atoms with E-state index in [1.165, 1.54) is 50.1 Å². The van der Waals surface area contributed by atoms with Crippen molar-refractivity contribution < 1.29 is 27.8 Å². The van der Waals surface area contributed by atoms with Crippen LogP contribution >= 0.6 is 0 Å². The summed E-state index contributed by atoms with van der Waals surface area (Å²) in [6.45, 7) is 10.2. The summed E-state index contributed by atoms with van der Waals surface area (Å²) in [4.78, 5) is 16.6. The summed E-state index contributed by atoms with van der Waals surface area (Å²) in [6, 6.07) is 19.5. The van der Waals surface area contributed by atoms with Crippen LogP contribution in [0.25, 0.3) is 0 Å². The molecule has 2 heterocycles. The van der Waals surface area contributed by atoms with Gasteiger partial charge < -0.3 is 19.6 Å². The first-order chi connectivity index (χ1) is 17.8. The van der Waals surface area contributed by atoms with Gasteiger partial charge in [0.1, 0.15) is 5.75 Å². The molecule has 0 aliphatic carbocycles. The molecule has 2 aromatic carbocycles. The summed E-state index contributed by atoms with van der Waals surface area (Å²) < 4.78 is 37.7. The molecule has 0 aromatic heterocycles. The number of carbonyl (C=O) groups is 1. The van der Waals surface area contributed by atoms with Gasteiger partial charge >= 0.3 is 12.1 Å². The van der Waals surface area contributed by atoms with E-state index in [4.69, 9.17) is 14.6 Å². The molecule has 204 valence electrons. The number of nitrogens with zero attached hydrogens (tertiary/aromatic N) is 3. The van der Waals surface area contributed by atoms with Crippen LogP contribution < -0.4 is 9.64 Å². The van der Waals surface area contributed by atoms with E-state index in [9.17, 15) is 13.2 Å². The van der Waals surface area contributed by atoms with E-state index >= 15 is 0 Å². The highest BCUT2D eigenvalue weighted by molar-refractivity contribution is 5.73. The number of hydrogen-bond donors (Lipinski definition) is 1. The summed E-state index contributed by atoms with van der Waals surface area (Å²) >= 11 is 0. The number of halogens is 3. The average molecular weight is 522 g/mol. The van der Waals surface area contributed by atoms with Crippen molar-refractivity contribution in [2.45, 2.75) is 38.3 Å². The van der Waals surface area contributed by atoms with E-state index in [-0.39, 0.29) is 0 Å². The predicted molar refractivity (Wildman–Crippen MR) is 139 cm³/mol. The molecule has 2 saturated heterocycles. The number of carboxylic acids is 1. The lowest BCUT2D eigenvalue weighted by Crippen LogP contribution is -2.46. The summed E-state index contributed by atoms with van der Waals surface area (Å²) in [6.07, 6.45) is 1.29. The normalized spacial score (nSPS) is 17.1. The van der Waals surface area contributed by atoms with Crippen molar-refractivity contribution in [3.8, 4) is 5.75 Å². The first-order valence-electron chi connectivity index (χ1n) is 13.1. The SMILES string of the molecule is O=C(O)C(F)(F)F.c1ccc(N2CCN(CCc3ccc(OCCCN4CCCCC4)cc3)CC2)cc1. The van der Waals surface area contributed by atoms with Gasteiger partial charge in [-0.1, -0.05) is 36.8 Å². The second-order valence-electron chi connectivity index (χ2n) is 9.47. The third kappa shape index (κ3) is 10.6. The first-order valence-corrected chi connectivity index (χ1v) is 13.1. The zero-order valence-electron chi connectivity index (χ0n) is 21.3. The molecule has 0 radical (unpaired) electrons. The molecule has 2 aromatic rings. The highest BCUT2D eigenvalue weighted by atomic mass is 19.4. The van der Waals surface area contributed by atoms with Crippen molar-refractivity contribution >= 4 is 11.7 Å². The van der Waals surface area contributed by atoms with Gasteiger partial charge in [0.2, 0.25) is 0 Å². The van der Waals surface area contributed by atoms with Crippen molar-refractivity contribution in [2.75, 3.05) is 63.9 Å². The minimum atomic E-state index is -5.08. The van der Waals surface area contributed by atoms with Gasteiger partial charge in [-0.25, -0.2) is 4.79 Å². The summed E-state index contributed by atoms with van der Waals surface area (Å²) in [5.74, 6) is -1.75. The number of hydrogen-bond acceptors (Lipinski definition) is 5. The smallest absolute Gasteiger partial charge is 0.490 e. The Morgan fingerprint density at radius 2 is 1.41 bits per heavy atom. The van der Waals surface area contributed by atoms with Gasteiger partial charge in [-0.2, -0.15) is 13.2 Å². The first kappa shape index (κ1) is 28.8. The van der Waals surface area contributed by atoms with Gasteiger partial charge in [0.05, 0.1) is 6.61 Å². The fraction of sp³-hybridized carbons (Fsp3) is 0.536. The Morgan fingerprint density at radius 3 is 2.00 bits per heavy atom. The minimum absolute atomic E-state index is 0.821. The van der Waals surface area contributed by atoms with Crippen LogP contribution in [0.3, 0.4) is 0 Å². The van der Waals surface area contributed by atoms with Crippen molar-refractivity contribution in [1.82, 2.24) is 9.80 Å². The lowest BCUT2D eigenvalue weighted by Gasteiger charge is -2.36. The number of alkyl halides is 3. The van der Waals surface area contributed by atoms with Crippen LogP contribution in [0, 0.1) is 0 Å². The number of piperidine rings is 1. The molecule has 0 atom stereocenters. The van der Waals surface area contributed by atoms with Crippen molar-refractivity contribution in [1.29, 1.82) is 0 Å². The standard InChI is InChI=1S/C26H37N3O.C2HF3O2/c1-3-8-25(9-4-1)29-21-19-28(20-22-29)18-14-24-10-12-26(13-11-24)30-23-7-17-27-15-5-2-6-16-27;3-2(4,5)1(6)7/h1,3-4,8-13H,2,5-7,14-23H2;(H,6,7). The number of ether oxygens (including phenoxy) is 1. The molecule has 4 rings (SSSR count). The number of benzene rings is 2. The lowest BCUT2D eigenvalue weighted by molar-refractivity contribution is -0.192. The van der Waals surface area contributed by atoms with E-state index in [2.05, 4.69) is 69.3 Å². The quantitative estimate of drug-likeness (QED) is 0.472. The Kier molecular flexibility index (Phi) is 11.5. The Balaban J connectivity index is 0.000000479. The third-order valence-corrected chi connectivity index (χ3v) is 6.71. The van der Waals surface area contributed by atoms with Gasteiger partial charge in [-0.15, -0.1) is 0 Å². The van der Waals surface area contributed by atoms with Crippen LogP contribution in [-0.4, -0.2) is 86.0 Å². The number of aliphatic carboxylic acids is 1. The molecule has 0 spiro atoms. The van der Waals surface area contributed by atoms with Gasteiger partial charge in [0.25, 0.3) is 0 Å². The van der Waals surface area contributed by atoms with Crippen LogP contribution in [0.4, 0.5) is 18.9 Å². The molecule has 0 amide bonds. The molecular weight excluding hydrogens is 483 g/mol. The summed E-state index contributed by atoms with van der Waals surface area (Å²) in [5.41, 5.74) is 2.75. The number of piperazine rings is 1. The Bertz CT molecular complexity index is 912. The summed E-state index contributed by atoms with van der Waals surface area (Å²) in [7, 11) is 0. The molecular formula is C28H38F3N3O3.